The number of hydrogen-bond acceptors (Lipinski definition) is 6. The molecule has 152 valence electrons. The normalized spacial score (nSPS) is 57.3. The number of rotatable bonds is 1. The van der Waals surface area contributed by atoms with Gasteiger partial charge >= 0.3 is 0 Å². The van der Waals surface area contributed by atoms with Crippen molar-refractivity contribution in [3.05, 3.63) is 11.6 Å². The highest BCUT2D eigenvalue weighted by atomic mass is 16.4. The number of fused-ring (bicyclic) bond motifs is 5. The average Bonchev–Trinajstić information content (AvgIpc) is 2.88. The molecule has 0 amide bonds. The van der Waals surface area contributed by atoms with Gasteiger partial charge in [-0.25, -0.2) is 0 Å². The van der Waals surface area contributed by atoms with E-state index < -0.39 is 52.2 Å². The summed E-state index contributed by atoms with van der Waals surface area (Å²) in [6.45, 7) is 5.04. The fourth-order valence-electron chi connectivity index (χ4n) is 7.41. The summed E-state index contributed by atoms with van der Waals surface area (Å²) in [5.41, 5.74) is -4.24. The summed E-state index contributed by atoms with van der Waals surface area (Å²) in [5, 5.41) is 56.2. The van der Waals surface area contributed by atoms with Gasteiger partial charge in [0, 0.05) is 17.3 Å². The van der Waals surface area contributed by atoms with E-state index in [9.17, 15) is 30.3 Å². The van der Waals surface area contributed by atoms with Crippen LogP contribution in [-0.4, -0.2) is 60.8 Å². The van der Waals surface area contributed by atoms with Gasteiger partial charge in [-0.3, -0.25) is 4.79 Å². The van der Waals surface area contributed by atoms with Crippen molar-refractivity contribution in [2.24, 2.45) is 22.7 Å². The second-order valence-electron chi connectivity index (χ2n) is 9.93. The van der Waals surface area contributed by atoms with E-state index in [1.54, 1.807) is 6.92 Å². The Labute approximate surface area is 159 Å². The van der Waals surface area contributed by atoms with Crippen molar-refractivity contribution >= 4 is 5.78 Å². The minimum absolute atomic E-state index is 0.138. The Kier molecular flexibility index (Phi) is 4.07. The number of Topliss-reactive ketones (excluding diaryl/α,β-unsaturated/α-hetero) is 1. The molecule has 9 atom stereocenters. The molecule has 0 aromatic rings. The molecule has 0 heterocycles. The Morgan fingerprint density at radius 3 is 2.41 bits per heavy atom. The largest absolute Gasteiger partial charge is 0.393 e. The predicted octanol–water partition coefficient (Wildman–Crippen LogP) is 0.687. The van der Waals surface area contributed by atoms with Gasteiger partial charge in [0.05, 0.1) is 18.3 Å². The Bertz CT molecular complexity index is 705. The molecule has 4 rings (SSSR count). The summed E-state index contributed by atoms with van der Waals surface area (Å²) in [6.07, 6.45) is 1.24. The molecule has 0 spiro atoms. The van der Waals surface area contributed by atoms with Crippen molar-refractivity contribution in [3.63, 3.8) is 0 Å². The van der Waals surface area contributed by atoms with E-state index in [1.165, 1.54) is 6.92 Å². The zero-order valence-corrected chi connectivity index (χ0v) is 16.4. The van der Waals surface area contributed by atoms with Crippen LogP contribution in [-0.2, 0) is 4.79 Å². The van der Waals surface area contributed by atoms with Crippen LogP contribution in [0.2, 0.25) is 0 Å². The zero-order valence-electron chi connectivity index (χ0n) is 16.4. The molecule has 6 nitrogen and oxygen atoms in total. The second kappa shape index (κ2) is 5.63. The van der Waals surface area contributed by atoms with Crippen LogP contribution in [0.5, 0.6) is 0 Å². The number of ketones is 1. The van der Waals surface area contributed by atoms with E-state index in [0.717, 1.165) is 5.57 Å². The van der Waals surface area contributed by atoms with Crippen LogP contribution in [0.1, 0.15) is 59.3 Å². The van der Waals surface area contributed by atoms with Crippen LogP contribution >= 0.6 is 0 Å². The highest BCUT2D eigenvalue weighted by molar-refractivity contribution is 5.80. The lowest BCUT2D eigenvalue weighted by Crippen LogP contribution is -2.79. The number of aliphatic hydroxyl groups is 5. The van der Waals surface area contributed by atoms with Gasteiger partial charge in [0.15, 0.2) is 0 Å². The number of carbonyl (C=O) groups is 1. The Morgan fingerprint density at radius 2 is 1.78 bits per heavy atom. The molecule has 0 aromatic heterocycles. The third kappa shape index (κ3) is 2.06. The molecule has 0 radical (unpaired) electrons. The molecule has 0 aliphatic heterocycles. The first-order chi connectivity index (χ1) is 12.4. The maximum Gasteiger partial charge on any atom is 0.133 e. The van der Waals surface area contributed by atoms with Crippen molar-refractivity contribution in [1.29, 1.82) is 0 Å². The Balaban J connectivity index is 1.89. The number of aliphatic hydroxyl groups excluding tert-OH is 3. The molecular formula is C21H32O6. The van der Waals surface area contributed by atoms with Crippen molar-refractivity contribution in [1.82, 2.24) is 0 Å². The van der Waals surface area contributed by atoms with Crippen LogP contribution in [0.15, 0.2) is 11.6 Å². The highest BCUT2D eigenvalue weighted by Crippen LogP contribution is 2.69. The van der Waals surface area contributed by atoms with Crippen LogP contribution in [0.3, 0.4) is 0 Å². The van der Waals surface area contributed by atoms with Gasteiger partial charge in [0.2, 0.25) is 0 Å². The molecule has 27 heavy (non-hydrogen) atoms. The van der Waals surface area contributed by atoms with E-state index in [0.29, 0.717) is 25.7 Å². The van der Waals surface area contributed by atoms with E-state index in [2.05, 4.69) is 0 Å². The fraction of sp³-hybridized carbons (Fsp3) is 0.857. The monoisotopic (exact) mass is 380 g/mol. The molecule has 0 bridgehead atoms. The molecule has 3 saturated carbocycles. The average molecular weight is 380 g/mol. The molecule has 0 aromatic carbocycles. The lowest BCUT2D eigenvalue weighted by molar-refractivity contribution is -0.327. The van der Waals surface area contributed by atoms with Crippen molar-refractivity contribution < 1.29 is 30.3 Å². The lowest BCUT2D eigenvalue weighted by Gasteiger charge is -2.67. The molecule has 0 unspecified atom stereocenters. The summed E-state index contributed by atoms with van der Waals surface area (Å²) in [4.78, 5) is 12.3. The molecular weight excluding hydrogens is 348 g/mol. The van der Waals surface area contributed by atoms with Gasteiger partial charge in [0.1, 0.15) is 17.0 Å². The summed E-state index contributed by atoms with van der Waals surface area (Å²) in [5.74, 6) is -1.50. The third-order valence-electron chi connectivity index (χ3n) is 8.94. The van der Waals surface area contributed by atoms with Gasteiger partial charge in [0.25, 0.3) is 0 Å². The van der Waals surface area contributed by atoms with Crippen molar-refractivity contribution in [2.45, 2.75) is 88.8 Å². The third-order valence-corrected chi connectivity index (χ3v) is 8.94. The highest BCUT2D eigenvalue weighted by Gasteiger charge is 2.78. The number of hydrogen-bond donors (Lipinski definition) is 5. The van der Waals surface area contributed by atoms with Gasteiger partial charge in [-0.2, -0.15) is 0 Å². The standard InChI is InChI=1S/C21H32O6/c1-11(22)14-6-9-21(27)19(14,3)17(25)15(24)16-18(2)7-5-13(23)10-12(18)4-8-20(16,21)26/h4,13-17,23-27H,5-10H2,1-3H3/t13-,14+,15-,16+,17+,18-,19-,20-,21+/m0/s1. The van der Waals surface area contributed by atoms with Gasteiger partial charge in [-0.15, -0.1) is 0 Å². The van der Waals surface area contributed by atoms with Gasteiger partial charge in [-0.1, -0.05) is 25.5 Å². The Hall–Kier alpha value is -0.790. The van der Waals surface area contributed by atoms with Gasteiger partial charge < -0.3 is 25.5 Å². The first kappa shape index (κ1) is 19.5. The smallest absolute Gasteiger partial charge is 0.133 e. The van der Waals surface area contributed by atoms with E-state index >= 15 is 0 Å². The van der Waals surface area contributed by atoms with Crippen LogP contribution in [0, 0.1) is 22.7 Å². The SMILES string of the molecule is CC(=O)[C@H]1CC[C@@]2(O)[C@]1(C)[C@H](O)[C@@H](O)[C@@H]1[C@@]3(C)CC[C@H](O)CC3=CC[C@]12O. The fourth-order valence-corrected chi connectivity index (χ4v) is 7.41. The summed E-state index contributed by atoms with van der Waals surface area (Å²) in [6, 6.07) is 0. The molecule has 5 N–H and O–H groups in total. The second-order valence-corrected chi connectivity index (χ2v) is 9.93. The van der Waals surface area contributed by atoms with Crippen LogP contribution in [0.4, 0.5) is 0 Å². The first-order valence-corrected chi connectivity index (χ1v) is 10.1. The molecule has 6 heteroatoms. The number of carbonyl (C=O) groups excluding carboxylic acids is 1. The minimum atomic E-state index is -1.67. The molecule has 4 aliphatic carbocycles. The first-order valence-electron chi connectivity index (χ1n) is 10.1. The minimum Gasteiger partial charge on any atom is -0.393 e. The molecule has 0 saturated heterocycles. The van der Waals surface area contributed by atoms with E-state index in [-0.39, 0.29) is 18.6 Å². The van der Waals surface area contributed by atoms with Crippen LogP contribution < -0.4 is 0 Å². The maximum absolute atomic E-state index is 12.3. The van der Waals surface area contributed by atoms with Crippen LogP contribution in [0.25, 0.3) is 0 Å². The molecule has 4 aliphatic rings. The van der Waals surface area contributed by atoms with Gasteiger partial charge in [-0.05, 0) is 50.9 Å². The summed E-state index contributed by atoms with van der Waals surface area (Å²) >= 11 is 0. The predicted molar refractivity (Wildman–Crippen MR) is 97.6 cm³/mol. The van der Waals surface area contributed by atoms with Crippen molar-refractivity contribution in [2.75, 3.05) is 0 Å². The zero-order chi connectivity index (χ0) is 20.0. The van der Waals surface area contributed by atoms with Crippen molar-refractivity contribution in [3.8, 4) is 0 Å². The summed E-state index contributed by atoms with van der Waals surface area (Å²) in [7, 11) is 0. The molecule has 3 fully saturated rings. The maximum atomic E-state index is 12.3. The quantitative estimate of drug-likeness (QED) is 0.427. The summed E-state index contributed by atoms with van der Waals surface area (Å²) < 4.78 is 0. The topological polar surface area (TPSA) is 118 Å². The lowest BCUT2D eigenvalue weighted by atomic mass is 9.42. The van der Waals surface area contributed by atoms with E-state index in [4.69, 9.17) is 0 Å². The Morgan fingerprint density at radius 1 is 1.11 bits per heavy atom. The van der Waals surface area contributed by atoms with E-state index in [1.807, 2.05) is 13.0 Å².